The molecule has 0 radical (unpaired) electrons. The summed E-state index contributed by atoms with van der Waals surface area (Å²) in [7, 11) is 0. The molecule has 0 saturated carbocycles. The monoisotopic (exact) mass is 327 g/mol. The maximum absolute atomic E-state index is 11.9. The predicted octanol–water partition coefficient (Wildman–Crippen LogP) is 1.21. The van der Waals surface area contributed by atoms with Crippen molar-refractivity contribution < 1.29 is 9.53 Å². The maximum atomic E-state index is 11.9. The second kappa shape index (κ2) is 9.66. The minimum atomic E-state index is 0. The Balaban J connectivity index is 0.00000242. The Bertz CT molecular complexity index is 470. The number of carbonyl (C=O) groups excluding carboxylic acids is 1. The van der Waals surface area contributed by atoms with Crippen LogP contribution in [0.15, 0.2) is 24.3 Å². The average molecular weight is 328 g/mol. The first-order valence-electron chi connectivity index (χ1n) is 7.56. The van der Waals surface area contributed by atoms with Gasteiger partial charge in [0.05, 0.1) is 13.1 Å². The molecular formula is C16H26ClN3O2. The minimum absolute atomic E-state index is 0. The molecule has 0 aliphatic carbocycles. The molecule has 124 valence electrons. The predicted molar refractivity (Wildman–Crippen MR) is 90.8 cm³/mol. The smallest absolute Gasteiger partial charge is 0.234 e. The average Bonchev–Trinajstić information content (AvgIpc) is 2.46. The van der Waals surface area contributed by atoms with Gasteiger partial charge in [-0.15, -0.1) is 12.4 Å². The van der Waals surface area contributed by atoms with E-state index >= 15 is 0 Å². The van der Waals surface area contributed by atoms with Crippen molar-refractivity contribution in [3.8, 4) is 5.75 Å². The van der Waals surface area contributed by atoms with Crippen molar-refractivity contribution in [2.75, 3.05) is 39.3 Å². The molecule has 1 heterocycles. The third-order valence-corrected chi connectivity index (χ3v) is 3.67. The van der Waals surface area contributed by atoms with Crippen LogP contribution in [0.2, 0.25) is 0 Å². The zero-order chi connectivity index (χ0) is 15.1. The Morgan fingerprint density at radius 1 is 1.50 bits per heavy atom. The van der Waals surface area contributed by atoms with E-state index in [1.165, 1.54) is 5.56 Å². The topological polar surface area (TPSA) is 53.6 Å². The molecule has 1 aromatic carbocycles. The van der Waals surface area contributed by atoms with Crippen molar-refractivity contribution in [2.24, 2.45) is 0 Å². The summed E-state index contributed by atoms with van der Waals surface area (Å²) in [6.07, 6.45) is 0. The standard InChI is InChI=1S/C16H25N3O2.ClH/c1-13-4-3-5-15(10-13)21-9-7-18-16(20)12-19-8-6-17-11-14(19)2;/h3-5,10,14,17H,6-9,11-12H2,1-2H3,(H,18,20);1H/t14-;/m1./s1. The van der Waals surface area contributed by atoms with Crippen LogP contribution in [0, 0.1) is 6.92 Å². The van der Waals surface area contributed by atoms with Crippen molar-refractivity contribution in [3.63, 3.8) is 0 Å². The summed E-state index contributed by atoms with van der Waals surface area (Å²) in [6, 6.07) is 8.33. The fourth-order valence-corrected chi connectivity index (χ4v) is 2.42. The first kappa shape index (κ1) is 18.7. The van der Waals surface area contributed by atoms with E-state index in [1.807, 2.05) is 31.2 Å². The van der Waals surface area contributed by atoms with Crippen LogP contribution in [0.3, 0.4) is 0 Å². The number of rotatable bonds is 6. The van der Waals surface area contributed by atoms with Gasteiger partial charge in [0.2, 0.25) is 5.91 Å². The van der Waals surface area contributed by atoms with E-state index in [-0.39, 0.29) is 18.3 Å². The molecule has 0 bridgehead atoms. The molecular weight excluding hydrogens is 302 g/mol. The van der Waals surface area contributed by atoms with Gasteiger partial charge in [0, 0.05) is 25.7 Å². The molecule has 6 heteroatoms. The number of ether oxygens (including phenoxy) is 1. The van der Waals surface area contributed by atoms with Gasteiger partial charge in [-0.05, 0) is 31.5 Å². The van der Waals surface area contributed by atoms with Crippen LogP contribution in [0.4, 0.5) is 0 Å². The summed E-state index contributed by atoms with van der Waals surface area (Å²) in [4.78, 5) is 14.1. The molecule has 22 heavy (non-hydrogen) atoms. The quantitative estimate of drug-likeness (QED) is 0.771. The number of nitrogens with one attached hydrogen (secondary N) is 2. The van der Waals surface area contributed by atoms with Gasteiger partial charge in [0.25, 0.3) is 0 Å². The fraction of sp³-hybridized carbons (Fsp3) is 0.562. The lowest BCUT2D eigenvalue weighted by Crippen LogP contribution is -2.52. The Labute approximate surface area is 138 Å². The zero-order valence-corrected chi connectivity index (χ0v) is 14.1. The maximum Gasteiger partial charge on any atom is 0.234 e. The highest BCUT2D eigenvalue weighted by atomic mass is 35.5. The van der Waals surface area contributed by atoms with E-state index in [9.17, 15) is 4.79 Å². The number of amides is 1. The number of hydrogen-bond acceptors (Lipinski definition) is 4. The normalized spacial score (nSPS) is 18.4. The summed E-state index contributed by atoms with van der Waals surface area (Å²) >= 11 is 0. The largest absolute Gasteiger partial charge is 0.492 e. The van der Waals surface area contributed by atoms with Crippen molar-refractivity contribution in [3.05, 3.63) is 29.8 Å². The number of halogens is 1. The summed E-state index contributed by atoms with van der Waals surface area (Å²) in [6.45, 7) is 8.49. The number of piperazine rings is 1. The Hall–Kier alpha value is -1.30. The van der Waals surface area contributed by atoms with Crippen molar-refractivity contribution in [1.29, 1.82) is 0 Å². The second-order valence-corrected chi connectivity index (χ2v) is 5.54. The molecule has 2 rings (SSSR count). The van der Waals surface area contributed by atoms with Crippen LogP contribution < -0.4 is 15.4 Å². The summed E-state index contributed by atoms with van der Waals surface area (Å²) < 4.78 is 5.61. The third kappa shape index (κ3) is 6.22. The van der Waals surface area contributed by atoms with Gasteiger partial charge in [0.1, 0.15) is 12.4 Å². The number of benzene rings is 1. The molecule has 1 fully saturated rings. The number of carbonyl (C=O) groups is 1. The van der Waals surface area contributed by atoms with E-state index in [0.717, 1.165) is 25.4 Å². The van der Waals surface area contributed by atoms with Crippen LogP contribution in [-0.4, -0.2) is 56.2 Å². The number of hydrogen-bond donors (Lipinski definition) is 2. The first-order valence-corrected chi connectivity index (χ1v) is 7.56. The second-order valence-electron chi connectivity index (χ2n) is 5.54. The lowest BCUT2D eigenvalue weighted by molar-refractivity contribution is -0.123. The molecule has 1 atom stereocenters. The molecule has 1 aliphatic heterocycles. The number of nitrogens with zero attached hydrogens (tertiary/aromatic N) is 1. The molecule has 5 nitrogen and oxygen atoms in total. The van der Waals surface area contributed by atoms with Crippen LogP contribution >= 0.6 is 12.4 Å². The molecule has 0 spiro atoms. The Morgan fingerprint density at radius 3 is 3.05 bits per heavy atom. The van der Waals surface area contributed by atoms with E-state index in [4.69, 9.17) is 4.74 Å². The highest BCUT2D eigenvalue weighted by Crippen LogP contribution is 2.11. The lowest BCUT2D eigenvalue weighted by atomic mass is 10.2. The van der Waals surface area contributed by atoms with E-state index < -0.39 is 0 Å². The molecule has 1 saturated heterocycles. The van der Waals surface area contributed by atoms with Crippen LogP contribution in [0.5, 0.6) is 5.75 Å². The van der Waals surface area contributed by atoms with Crippen molar-refractivity contribution >= 4 is 18.3 Å². The summed E-state index contributed by atoms with van der Waals surface area (Å²) in [5.41, 5.74) is 1.17. The molecule has 0 unspecified atom stereocenters. The van der Waals surface area contributed by atoms with Gasteiger partial charge >= 0.3 is 0 Å². The van der Waals surface area contributed by atoms with E-state index in [2.05, 4.69) is 22.5 Å². The van der Waals surface area contributed by atoms with Gasteiger partial charge in [-0.3, -0.25) is 9.69 Å². The molecule has 1 aliphatic rings. The summed E-state index contributed by atoms with van der Waals surface area (Å²) in [5.74, 6) is 0.913. The minimum Gasteiger partial charge on any atom is -0.492 e. The van der Waals surface area contributed by atoms with Gasteiger partial charge in [-0.25, -0.2) is 0 Å². The molecule has 2 N–H and O–H groups in total. The van der Waals surface area contributed by atoms with Gasteiger partial charge in [-0.2, -0.15) is 0 Å². The fourth-order valence-electron chi connectivity index (χ4n) is 2.42. The third-order valence-electron chi connectivity index (χ3n) is 3.67. The highest BCUT2D eigenvalue weighted by Gasteiger charge is 2.19. The Morgan fingerprint density at radius 2 is 2.32 bits per heavy atom. The summed E-state index contributed by atoms with van der Waals surface area (Å²) in [5, 5.41) is 6.23. The van der Waals surface area contributed by atoms with Crippen molar-refractivity contribution in [1.82, 2.24) is 15.5 Å². The zero-order valence-electron chi connectivity index (χ0n) is 13.3. The SMILES string of the molecule is Cc1cccc(OCCNC(=O)CN2CCNC[C@H]2C)c1.Cl. The van der Waals surface area contributed by atoms with E-state index in [0.29, 0.717) is 25.7 Å². The van der Waals surface area contributed by atoms with Gasteiger partial charge in [0.15, 0.2) is 0 Å². The number of aryl methyl sites for hydroxylation is 1. The van der Waals surface area contributed by atoms with Gasteiger partial charge < -0.3 is 15.4 Å². The van der Waals surface area contributed by atoms with E-state index in [1.54, 1.807) is 0 Å². The van der Waals surface area contributed by atoms with Crippen LogP contribution in [-0.2, 0) is 4.79 Å². The highest BCUT2D eigenvalue weighted by molar-refractivity contribution is 5.85. The Kier molecular flexibility index (Phi) is 8.24. The first-order chi connectivity index (χ1) is 10.1. The molecule has 0 aromatic heterocycles. The van der Waals surface area contributed by atoms with Gasteiger partial charge in [-0.1, -0.05) is 12.1 Å². The van der Waals surface area contributed by atoms with Crippen molar-refractivity contribution in [2.45, 2.75) is 19.9 Å². The lowest BCUT2D eigenvalue weighted by Gasteiger charge is -2.33. The van der Waals surface area contributed by atoms with Crippen LogP contribution in [0.1, 0.15) is 12.5 Å². The molecule has 1 amide bonds. The van der Waals surface area contributed by atoms with Crippen LogP contribution in [0.25, 0.3) is 0 Å². The molecule has 1 aromatic rings.